The van der Waals surface area contributed by atoms with Gasteiger partial charge in [-0.05, 0) is 11.6 Å². The lowest BCUT2D eigenvalue weighted by Crippen LogP contribution is -2.13. The molecule has 0 aliphatic heterocycles. The first-order valence-electron chi connectivity index (χ1n) is 6.17. The topological polar surface area (TPSA) is 128 Å². The summed E-state index contributed by atoms with van der Waals surface area (Å²) < 4.78 is 1.86. The van der Waals surface area contributed by atoms with Crippen molar-refractivity contribution in [1.82, 2.24) is 19.5 Å². The first kappa shape index (κ1) is 12.9. The van der Waals surface area contributed by atoms with Crippen LogP contribution in [0.1, 0.15) is 11.1 Å². The standard InChI is InChI=1S/C13H13N7O/c14-11(19-21)9-3-1-2-8(4-9)5-20-7-18-10-12(15)16-6-17-13(10)20/h1-4,6-7,21H,5H2,(H2,14,19)(H2,15,16,17). The molecule has 1 aromatic carbocycles. The minimum absolute atomic E-state index is 0.0684. The zero-order valence-corrected chi connectivity index (χ0v) is 11.0. The molecule has 21 heavy (non-hydrogen) atoms. The van der Waals surface area contributed by atoms with E-state index in [0.29, 0.717) is 29.1 Å². The van der Waals surface area contributed by atoms with Gasteiger partial charge in [-0.2, -0.15) is 0 Å². The van der Waals surface area contributed by atoms with Gasteiger partial charge in [-0.1, -0.05) is 23.4 Å². The predicted octanol–water partition coefficient (Wildman–Crippen LogP) is 0.551. The van der Waals surface area contributed by atoms with E-state index in [1.54, 1.807) is 12.4 Å². The molecular weight excluding hydrogens is 270 g/mol. The molecule has 106 valence electrons. The van der Waals surface area contributed by atoms with Crippen LogP contribution < -0.4 is 11.5 Å². The third-order valence-electron chi connectivity index (χ3n) is 3.11. The number of nitrogens with zero attached hydrogens (tertiary/aromatic N) is 5. The molecule has 0 saturated carbocycles. The van der Waals surface area contributed by atoms with Gasteiger partial charge in [-0.25, -0.2) is 15.0 Å². The van der Waals surface area contributed by atoms with E-state index in [4.69, 9.17) is 16.7 Å². The SMILES string of the molecule is NC(=NO)c1cccc(Cn2cnc3c(N)ncnc32)c1. The smallest absolute Gasteiger partial charge is 0.170 e. The number of aromatic nitrogens is 4. The molecule has 8 nitrogen and oxygen atoms in total. The van der Waals surface area contributed by atoms with Crippen molar-refractivity contribution >= 4 is 22.8 Å². The number of fused-ring (bicyclic) bond motifs is 1. The number of nitrogens with two attached hydrogens (primary N) is 2. The molecule has 0 aliphatic carbocycles. The largest absolute Gasteiger partial charge is 0.409 e. The molecule has 5 N–H and O–H groups in total. The van der Waals surface area contributed by atoms with Crippen molar-refractivity contribution < 1.29 is 5.21 Å². The van der Waals surface area contributed by atoms with E-state index in [-0.39, 0.29) is 5.84 Å². The molecule has 0 saturated heterocycles. The summed E-state index contributed by atoms with van der Waals surface area (Å²) >= 11 is 0. The van der Waals surface area contributed by atoms with Gasteiger partial charge in [0.25, 0.3) is 0 Å². The summed E-state index contributed by atoms with van der Waals surface area (Å²) in [4.78, 5) is 12.3. The second-order valence-corrected chi connectivity index (χ2v) is 4.49. The number of hydrogen-bond acceptors (Lipinski definition) is 6. The van der Waals surface area contributed by atoms with Crippen molar-refractivity contribution in [3.05, 3.63) is 48.0 Å². The number of nitrogen functional groups attached to an aromatic ring is 1. The van der Waals surface area contributed by atoms with Crippen LogP contribution in [-0.2, 0) is 6.54 Å². The van der Waals surface area contributed by atoms with Gasteiger partial charge in [0, 0.05) is 5.56 Å². The molecule has 2 heterocycles. The van der Waals surface area contributed by atoms with Crippen molar-refractivity contribution in [2.24, 2.45) is 10.9 Å². The monoisotopic (exact) mass is 283 g/mol. The molecule has 8 heteroatoms. The maximum Gasteiger partial charge on any atom is 0.170 e. The number of amidine groups is 1. The average Bonchev–Trinajstić information content (AvgIpc) is 2.91. The van der Waals surface area contributed by atoms with Crippen molar-refractivity contribution in [1.29, 1.82) is 0 Å². The van der Waals surface area contributed by atoms with Gasteiger partial charge < -0.3 is 21.2 Å². The Morgan fingerprint density at radius 1 is 1.29 bits per heavy atom. The van der Waals surface area contributed by atoms with Gasteiger partial charge in [0.15, 0.2) is 17.3 Å². The zero-order chi connectivity index (χ0) is 14.8. The molecule has 0 spiro atoms. The molecule has 0 fully saturated rings. The Balaban J connectivity index is 1.97. The number of hydrogen-bond donors (Lipinski definition) is 3. The predicted molar refractivity (Wildman–Crippen MR) is 77.8 cm³/mol. The van der Waals surface area contributed by atoms with E-state index in [1.807, 2.05) is 22.8 Å². The highest BCUT2D eigenvalue weighted by atomic mass is 16.4. The number of rotatable bonds is 3. The van der Waals surface area contributed by atoms with Gasteiger partial charge >= 0.3 is 0 Å². The van der Waals surface area contributed by atoms with E-state index < -0.39 is 0 Å². The van der Waals surface area contributed by atoms with Gasteiger partial charge in [0.2, 0.25) is 0 Å². The van der Waals surface area contributed by atoms with Crippen LogP contribution in [0.25, 0.3) is 11.2 Å². The highest BCUT2D eigenvalue weighted by molar-refractivity contribution is 5.97. The lowest BCUT2D eigenvalue weighted by atomic mass is 10.1. The molecular formula is C13H13N7O. The Morgan fingerprint density at radius 2 is 2.14 bits per heavy atom. The molecule has 0 radical (unpaired) electrons. The fraction of sp³-hybridized carbons (Fsp3) is 0.0769. The third-order valence-corrected chi connectivity index (χ3v) is 3.11. The quantitative estimate of drug-likeness (QED) is 0.279. The second-order valence-electron chi connectivity index (χ2n) is 4.49. The highest BCUT2D eigenvalue weighted by Gasteiger charge is 2.08. The summed E-state index contributed by atoms with van der Waals surface area (Å²) in [5, 5.41) is 11.7. The Hall–Kier alpha value is -3.16. The molecule has 3 rings (SSSR count). The Kier molecular flexibility index (Phi) is 3.11. The average molecular weight is 283 g/mol. The van der Waals surface area contributed by atoms with Crippen molar-refractivity contribution in [3.8, 4) is 0 Å². The Morgan fingerprint density at radius 3 is 2.95 bits per heavy atom. The van der Waals surface area contributed by atoms with Crippen LogP contribution in [0.3, 0.4) is 0 Å². The van der Waals surface area contributed by atoms with Crippen LogP contribution in [-0.4, -0.2) is 30.6 Å². The summed E-state index contributed by atoms with van der Waals surface area (Å²) in [5.41, 5.74) is 14.2. The lowest BCUT2D eigenvalue weighted by Gasteiger charge is -2.06. The maximum absolute atomic E-state index is 8.72. The summed E-state index contributed by atoms with van der Waals surface area (Å²) in [7, 11) is 0. The van der Waals surface area contributed by atoms with Crippen LogP contribution in [0.2, 0.25) is 0 Å². The number of benzene rings is 1. The third kappa shape index (κ3) is 2.34. The molecule has 0 atom stereocenters. The van der Waals surface area contributed by atoms with Crippen LogP contribution in [0, 0.1) is 0 Å². The molecule has 0 bridgehead atoms. The highest BCUT2D eigenvalue weighted by Crippen LogP contribution is 2.16. The molecule has 2 aromatic heterocycles. The first-order chi connectivity index (χ1) is 10.2. The van der Waals surface area contributed by atoms with Crippen LogP contribution in [0.15, 0.2) is 42.1 Å². The minimum Gasteiger partial charge on any atom is -0.409 e. The fourth-order valence-corrected chi connectivity index (χ4v) is 2.10. The van der Waals surface area contributed by atoms with Gasteiger partial charge in [0.05, 0.1) is 12.9 Å². The van der Waals surface area contributed by atoms with E-state index in [0.717, 1.165) is 5.56 Å². The molecule has 3 aromatic rings. The van der Waals surface area contributed by atoms with Crippen molar-refractivity contribution in [2.45, 2.75) is 6.54 Å². The molecule has 0 aliphatic rings. The number of anilines is 1. The minimum atomic E-state index is 0.0684. The fourth-order valence-electron chi connectivity index (χ4n) is 2.10. The van der Waals surface area contributed by atoms with Crippen molar-refractivity contribution in [2.75, 3.05) is 5.73 Å². The molecule has 0 amide bonds. The van der Waals surface area contributed by atoms with Gasteiger partial charge in [-0.15, -0.1) is 0 Å². The van der Waals surface area contributed by atoms with Crippen LogP contribution >= 0.6 is 0 Å². The van der Waals surface area contributed by atoms with Crippen LogP contribution in [0.5, 0.6) is 0 Å². The normalized spacial score (nSPS) is 11.9. The van der Waals surface area contributed by atoms with E-state index in [2.05, 4.69) is 20.1 Å². The van der Waals surface area contributed by atoms with E-state index in [1.165, 1.54) is 6.33 Å². The van der Waals surface area contributed by atoms with Crippen LogP contribution in [0.4, 0.5) is 5.82 Å². The molecule has 0 unspecified atom stereocenters. The summed E-state index contributed by atoms with van der Waals surface area (Å²) in [5.74, 6) is 0.420. The van der Waals surface area contributed by atoms with Crippen molar-refractivity contribution in [3.63, 3.8) is 0 Å². The maximum atomic E-state index is 8.72. The zero-order valence-electron chi connectivity index (χ0n) is 11.0. The lowest BCUT2D eigenvalue weighted by molar-refractivity contribution is 0.318. The number of oxime groups is 1. The Bertz CT molecular complexity index is 824. The summed E-state index contributed by atoms with van der Waals surface area (Å²) in [6.45, 7) is 0.541. The van der Waals surface area contributed by atoms with Gasteiger partial charge in [0.1, 0.15) is 11.8 Å². The first-order valence-corrected chi connectivity index (χ1v) is 6.17. The summed E-state index contributed by atoms with van der Waals surface area (Å²) in [6.07, 6.45) is 3.06. The van der Waals surface area contributed by atoms with E-state index >= 15 is 0 Å². The van der Waals surface area contributed by atoms with E-state index in [9.17, 15) is 0 Å². The number of imidazole rings is 1. The summed E-state index contributed by atoms with van der Waals surface area (Å²) in [6, 6.07) is 7.38. The second kappa shape index (κ2) is 5.08. The van der Waals surface area contributed by atoms with Gasteiger partial charge in [-0.3, -0.25) is 0 Å². The Labute approximate surface area is 119 Å².